The lowest BCUT2D eigenvalue weighted by atomic mass is 10.1. The Balaban J connectivity index is 1.74. The molecule has 0 aliphatic heterocycles. The molecule has 0 bridgehead atoms. The molecular formula is C25H27ClFN5O2. The Morgan fingerprint density at radius 2 is 2.03 bits per heavy atom. The lowest BCUT2D eigenvalue weighted by Crippen LogP contribution is -2.15. The lowest BCUT2D eigenvalue weighted by molar-refractivity contribution is -0.104. The summed E-state index contributed by atoms with van der Waals surface area (Å²) in [7, 11) is 3.86. The van der Waals surface area contributed by atoms with E-state index in [1.165, 1.54) is 18.5 Å². The Morgan fingerprint density at radius 3 is 2.74 bits per heavy atom. The molecule has 0 spiro atoms. The molecule has 0 atom stereocenters. The number of benzene rings is 2. The van der Waals surface area contributed by atoms with Crippen molar-refractivity contribution in [3.63, 3.8) is 0 Å². The fourth-order valence-corrected chi connectivity index (χ4v) is 4.02. The zero-order chi connectivity index (χ0) is 24.1. The van der Waals surface area contributed by atoms with Crippen molar-refractivity contribution >= 4 is 46.0 Å². The van der Waals surface area contributed by atoms with E-state index < -0.39 is 5.82 Å². The number of fused-ring (bicyclic) bond motifs is 1. The molecule has 0 amide bonds. The standard InChI is InChI=1S/C25H27ClFN5O2/c1-32(2)10-9-17(14-33)30-23-12-19-22(13-24(23)34-18-5-3-4-6-18)28-15-29-25(19)31-16-7-8-21(27)20(26)11-16/h7-9,11-15,18,30H,3-6,10H2,1-2H3,(H,28,29,31). The van der Waals surface area contributed by atoms with Gasteiger partial charge in [0.15, 0.2) is 6.29 Å². The molecule has 3 aromatic rings. The predicted octanol–water partition coefficient (Wildman–Crippen LogP) is 5.54. The van der Waals surface area contributed by atoms with Crippen LogP contribution in [0.3, 0.4) is 0 Å². The predicted molar refractivity (Wildman–Crippen MR) is 133 cm³/mol. The number of carbonyl (C=O) groups is 1. The van der Waals surface area contributed by atoms with Gasteiger partial charge in [0.1, 0.15) is 23.7 Å². The maximum atomic E-state index is 13.6. The summed E-state index contributed by atoms with van der Waals surface area (Å²) < 4.78 is 19.9. The number of anilines is 3. The average Bonchev–Trinajstić information content (AvgIpc) is 3.32. The van der Waals surface area contributed by atoms with E-state index in [0.29, 0.717) is 46.1 Å². The Bertz CT molecular complexity index is 1210. The molecule has 2 N–H and O–H groups in total. The minimum atomic E-state index is -0.495. The van der Waals surface area contributed by atoms with E-state index in [4.69, 9.17) is 16.3 Å². The van der Waals surface area contributed by atoms with Crippen molar-refractivity contribution in [2.24, 2.45) is 0 Å². The first-order valence-electron chi connectivity index (χ1n) is 11.2. The normalized spacial score (nSPS) is 14.6. The van der Waals surface area contributed by atoms with E-state index in [-0.39, 0.29) is 11.1 Å². The molecule has 0 unspecified atom stereocenters. The van der Waals surface area contributed by atoms with E-state index in [0.717, 1.165) is 32.0 Å². The highest BCUT2D eigenvalue weighted by Crippen LogP contribution is 2.36. The molecule has 34 heavy (non-hydrogen) atoms. The molecule has 1 heterocycles. The molecule has 9 heteroatoms. The number of nitrogens with zero attached hydrogens (tertiary/aromatic N) is 3. The Kier molecular flexibility index (Phi) is 7.59. The van der Waals surface area contributed by atoms with Gasteiger partial charge in [0.2, 0.25) is 0 Å². The summed E-state index contributed by atoms with van der Waals surface area (Å²) in [5.74, 6) is 0.658. The number of ether oxygens (including phenoxy) is 1. The maximum Gasteiger partial charge on any atom is 0.165 e. The molecular weight excluding hydrogens is 457 g/mol. The number of allylic oxidation sites excluding steroid dienone is 1. The lowest BCUT2D eigenvalue weighted by Gasteiger charge is -2.19. The Hall–Kier alpha value is -3.23. The van der Waals surface area contributed by atoms with Crippen LogP contribution in [0.2, 0.25) is 5.02 Å². The number of likely N-dealkylation sites (N-methyl/N-ethyl adjacent to an activating group) is 1. The highest BCUT2D eigenvalue weighted by atomic mass is 35.5. The summed E-state index contributed by atoms with van der Waals surface area (Å²) in [5.41, 5.74) is 2.34. The van der Waals surface area contributed by atoms with E-state index >= 15 is 0 Å². The van der Waals surface area contributed by atoms with Crippen LogP contribution in [0.5, 0.6) is 5.75 Å². The van der Waals surface area contributed by atoms with Crippen molar-refractivity contribution in [3.8, 4) is 5.75 Å². The van der Waals surface area contributed by atoms with Crippen molar-refractivity contribution in [2.75, 3.05) is 31.3 Å². The molecule has 178 valence electrons. The highest BCUT2D eigenvalue weighted by molar-refractivity contribution is 6.31. The molecule has 0 saturated heterocycles. The van der Waals surface area contributed by atoms with Crippen LogP contribution >= 0.6 is 11.6 Å². The third-order valence-electron chi connectivity index (χ3n) is 5.60. The summed E-state index contributed by atoms with van der Waals surface area (Å²) in [6.07, 6.45) is 8.46. The zero-order valence-corrected chi connectivity index (χ0v) is 19.9. The third kappa shape index (κ3) is 5.81. The van der Waals surface area contributed by atoms with Crippen LogP contribution < -0.4 is 15.4 Å². The van der Waals surface area contributed by atoms with E-state index in [1.807, 2.05) is 37.2 Å². The number of carbonyl (C=O) groups excluding carboxylic acids is 1. The fraction of sp³-hybridized carbons (Fsp3) is 0.320. The quantitative estimate of drug-likeness (QED) is 0.305. The van der Waals surface area contributed by atoms with Gasteiger partial charge in [-0.05, 0) is 70.1 Å². The van der Waals surface area contributed by atoms with Gasteiger partial charge in [-0.1, -0.05) is 11.6 Å². The van der Waals surface area contributed by atoms with Crippen molar-refractivity contribution < 1.29 is 13.9 Å². The van der Waals surface area contributed by atoms with E-state index in [1.54, 1.807) is 6.07 Å². The number of hydrogen-bond acceptors (Lipinski definition) is 7. The molecule has 1 saturated carbocycles. The first kappa shape index (κ1) is 23.9. The van der Waals surface area contributed by atoms with Crippen LogP contribution in [0, 0.1) is 5.82 Å². The fourth-order valence-electron chi connectivity index (χ4n) is 3.84. The number of hydrogen-bond donors (Lipinski definition) is 2. The second-order valence-electron chi connectivity index (χ2n) is 8.53. The van der Waals surface area contributed by atoms with Gasteiger partial charge in [-0.25, -0.2) is 14.4 Å². The molecule has 0 radical (unpaired) electrons. The first-order valence-corrected chi connectivity index (χ1v) is 11.6. The van der Waals surface area contributed by atoms with Gasteiger partial charge in [-0.15, -0.1) is 0 Å². The second-order valence-corrected chi connectivity index (χ2v) is 8.94. The van der Waals surface area contributed by atoms with Crippen LogP contribution in [0.25, 0.3) is 10.9 Å². The van der Waals surface area contributed by atoms with Crippen LogP contribution in [-0.2, 0) is 4.79 Å². The first-order chi connectivity index (χ1) is 16.4. The SMILES string of the molecule is CN(C)CC=C(C=O)Nc1cc2c(Nc3ccc(F)c(Cl)c3)ncnc2cc1OC1CCCC1. The summed E-state index contributed by atoms with van der Waals surface area (Å²) in [6.45, 7) is 0.606. The van der Waals surface area contributed by atoms with Gasteiger partial charge < -0.3 is 20.3 Å². The highest BCUT2D eigenvalue weighted by Gasteiger charge is 2.20. The summed E-state index contributed by atoms with van der Waals surface area (Å²) >= 11 is 5.93. The molecule has 1 aliphatic carbocycles. The largest absolute Gasteiger partial charge is 0.488 e. The van der Waals surface area contributed by atoms with Crippen molar-refractivity contribution in [1.82, 2.24) is 14.9 Å². The van der Waals surface area contributed by atoms with Crippen LogP contribution in [0.15, 0.2) is 48.4 Å². The van der Waals surface area contributed by atoms with Crippen LogP contribution in [0.1, 0.15) is 25.7 Å². The summed E-state index contributed by atoms with van der Waals surface area (Å²) in [5, 5.41) is 7.12. The summed E-state index contributed by atoms with van der Waals surface area (Å²) in [4.78, 5) is 22.5. The van der Waals surface area contributed by atoms with Gasteiger partial charge in [-0.3, -0.25) is 4.79 Å². The topological polar surface area (TPSA) is 79.4 Å². The van der Waals surface area contributed by atoms with Crippen LogP contribution in [0.4, 0.5) is 21.6 Å². The number of rotatable bonds is 9. The monoisotopic (exact) mass is 483 g/mol. The van der Waals surface area contributed by atoms with Gasteiger partial charge >= 0.3 is 0 Å². The molecule has 1 fully saturated rings. The van der Waals surface area contributed by atoms with Gasteiger partial charge in [0.25, 0.3) is 0 Å². The molecule has 2 aromatic carbocycles. The van der Waals surface area contributed by atoms with Crippen molar-refractivity contribution in [2.45, 2.75) is 31.8 Å². The van der Waals surface area contributed by atoms with Crippen LogP contribution in [-0.4, -0.2) is 47.9 Å². The average molecular weight is 484 g/mol. The summed E-state index contributed by atoms with van der Waals surface area (Å²) in [6, 6.07) is 8.09. The molecule has 4 rings (SSSR count). The van der Waals surface area contributed by atoms with Crippen molar-refractivity contribution in [3.05, 3.63) is 59.3 Å². The Labute approximate surface area is 203 Å². The molecule has 1 aliphatic rings. The van der Waals surface area contributed by atoms with Gasteiger partial charge in [0, 0.05) is 23.7 Å². The maximum absolute atomic E-state index is 13.6. The second kappa shape index (κ2) is 10.8. The molecule has 1 aromatic heterocycles. The number of nitrogens with one attached hydrogen (secondary N) is 2. The molecule has 7 nitrogen and oxygen atoms in total. The minimum Gasteiger partial charge on any atom is -0.488 e. The van der Waals surface area contributed by atoms with Gasteiger partial charge in [-0.2, -0.15) is 0 Å². The smallest absolute Gasteiger partial charge is 0.165 e. The number of aldehydes is 1. The van der Waals surface area contributed by atoms with Crippen molar-refractivity contribution in [1.29, 1.82) is 0 Å². The third-order valence-corrected chi connectivity index (χ3v) is 5.89. The Morgan fingerprint density at radius 1 is 1.24 bits per heavy atom. The minimum absolute atomic E-state index is 0.0135. The van der Waals surface area contributed by atoms with Gasteiger partial charge in [0.05, 0.1) is 28.0 Å². The zero-order valence-electron chi connectivity index (χ0n) is 19.1. The van der Waals surface area contributed by atoms with E-state index in [2.05, 4.69) is 20.6 Å². The van der Waals surface area contributed by atoms with E-state index in [9.17, 15) is 9.18 Å². The number of aromatic nitrogens is 2. The number of halogens is 2.